The summed E-state index contributed by atoms with van der Waals surface area (Å²) in [6.07, 6.45) is 1.42. The zero-order chi connectivity index (χ0) is 14.0. The normalized spacial score (nSPS) is 10.3. The fraction of sp³-hybridized carbons (Fsp3) is 0.0769. The fourth-order valence-electron chi connectivity index (χ4n) is 1.48. The molecule has 1 amide bonds. The van der Waals surface area contributed by atoms with Crippen LogP contribution in [0.5, 0.6) is 0 Å². The van der Waals surface area contributed by atoms with Crippen LogP contribution in [0, 0.1) is 6.92 Å². The molecule has 0 aliphatic carbocycles. The van der Waals surface area contributed by atoms with Crippen molar-refractivity contribution in [3.63, 3.8) is 0 Å². The van der Waals surface area contributed by atoms with Gasteiger partial charge in [0.25, 0.3) is 5.91 Å². The zero-order valence-electron chi connectivity index (χ0n) is 9.88. The molecule has 1 N–H and O–H groups in total. The van der Waals surface area contributed by atoms with Crippen molar-refractivity contribution in [2.24, 2.45) is 0 Å². The van der Waals surface area contributed by atoms with E-state index in [4.69, 9.17) is 34.8 Å². The van der Waals surface area contributed by atoms with Crippen molar-refractivity contribution in [3.05, 3.63) is 56.8 Å². The average molecular weight is 316 g/mol. The molecule has 19 heavy (non-hydrogen) atoms. The van der Waals surface area contributed by atoms with E-state index >= 15 is 0 Å². The molecule has 0 aliphatic heterocycles. The first-order chi connectivity index (χ1) is 8.97. The monoisotopic (exact) mass is 314 g/mol. The molecule has 0 atom stereocenters. The summed E-state index contributed by atoms with van der Waals surface area (Å²) in [5, 5.41) is 3.86. The summed E-state index contributed by atoms with van der Waals surface area (Å²) in [6, 6.07) is 6.43. The number of pyridine rings is 1. The van der Waals surface area contributed by atoms with E-state index in [1.165, 1.54) is 6.20 Å². The highest BCUT2D eigenvalue weighted by atomic mass is 35.5. The second-order valence-electron chi connectivity index (χ2n) is 3.88. The molecule has 98 valence electrons. The lowest BCUT2D eigenvalue weighted by atomic mass is 10.2. The SMILES string of the molecule is Cc1cc(Cl)c(C(=O)Nc2cc(Cl)ccc2Cl)cn1. The van der Waals surface area contributed by atoms with Gasteiger partial charge in [-0.05, 0) is 31.2 Å². The van der Waals surface area contributed by atoms with Crippen molar-refractivity contribution in [1.29, 1.82) is 0 Å². The van der Waals surface area contributed by atoms with Crippen molar-refractivity contribution >= 4 is 46.4 Å². The highest BCUT2D eigenvalue weighted by molar-refractivity contribution is 6.37. The van der Waals surface area contributed by atoms with Gasteiger partial charge in [0.15, 0.2) is 0 Å². The van der Waals surface area contributed by atoms with E-state index in [-0.39, 0.29) is 11.5 Å². The Bertz CT molecular complexity index is 644. The summed E-state index contributed by atoms with van der Waals surface area (Å²) in [4.78, 5) is 16.1. The second-order valence-corrected chi connectivity index (χ2v) is 5.13. The maximum atomic E-state index is 12.1. The number of carbonyl (C=O) groups is 1. The number of carbonyl (C=O) groups excluding carboxylic acids is 1. The Morgan fingerprint density at radius 3 is 2.58 bits per heavy atom. The van der Waals surface area contributed by atoms with Gasteiger partial charge in [-0.1, -0.05) is 34.8 Å². The van der Waals surface area contributed by atoms with Gasteiger partial charge in [-0.25, -0.2) is 0 Å². The van der Waals surface area contributed by atoms with Crippen molar-refractivity contribution in [3.8, 4) is 0 Å². The predicted molar refractivity (Wildman–Crippen MR) is 78.4 cm³/mol. The Morgan fingerprint density at radius 1 is 1.16 bits per heavy atom. The summed E-state index contributed by atoms with van der Waals surface area (Å²) < 4.78 is 0. The number of rotatable bonds is 2. The highest BCUT2D eigenvalue weighted by Crippen LogP contribution is 2.26. The lowest BCUT2D eigenvalue weighted by Crippen LogP contribution is -2.13. The summed E-state index contributed by atoms with van der Waals surface area (Å²) in [6.45, 7) is 1.79. The fourth-order valence-corrected chi connectivity index (χ4v) is 2.11. The van der Waals surface area contributed by atoms with Crippen molar-refractivity contribution in [2.75, 3.05) is 5.32 Å². The molecule has 0 aliphatic rings. The quantitative estimate of drug-likeness (QED) is 0.880. The molecule has 0 unspecified atom stereocenters. The van der Waals surface area contributed by atoms with Gasteiger partial charge >= 0.3 is 0 Å². The van der Waals surface area contributed by atoms with Crippen LogP contribution in [0.4, 0.5) is 5.69 Å². The molecule has 3 nitrogen and oxygen atoms in total. The zero-order valence-corrected chi connectivity index (χ0v) is 12.1. The third kappa shape index (κ3) is 3.38. The molecule has 0 radical (unpaired) electrons. The van der Waals surface area contributed by atoms with Gasteiger partial charge < -0.3 is 5.32 Å². The molecule has 0 saturated carbocycles. The van der Waals surface area contributed by atoms with E-state index in [2.05, 4.69) is 10.3 Å². The number of hydrogen-bond donors (Lipinski definition) is 1. The molecule has 0 spiro atoms. The molecule has 0 fully saturated rings. The molecular formula is C13H9Cl3N2O. The Kier molecular flexibility index (Phi) is 4.30. The first-order valence-electron chi connectivity index (χ1n) is 5.36. The van der Waals surface area contributed by atoms with E-state index in [1.807, 2.05) is 0 Å². The van der Waals surface area contributed by atoms with Crippen LogP contribution in [0.15, 0.2) is 30.5 Å². The van der Waals surface area contributed by atoms with Crippen LogP contribution in [0.3, 0.4) is 0 Å². The van der Waals surface area contributed by atoms with E-state index in [9.17, 15) is 4.79 Å². The van der Waals surface area contributed by atoms with Gasteiger partial charge in [-0.15, -0.1) is 0 Å². The van der Waals surface area contributed by atoms with Gasteiger partial charge in [0.2, 0.25) is 0 Å². The van der Waals surface area contributed by atoms with Crippen molar-refractivity contribution < 1.29 is 4.79 Å². The predicted octanol–water partition coefficient (Wildman–Crippen LogP) is 4.60. The molecule has 1 heterocycles. The Labute approximate surface area is 125 Å². The third-order valence-corrected chi connectivity index (χ3v) is 3.29. The van der Waals surface area contributed by atoms with Crippen LogP contribution < -0.4 is 5.32 Å². The number of aryl methyl sites for hydroxylation is 1. The first kappa shape index (κ1) is 14.1. The number of anilines is 1. The standard InChI is InChI=1S/C13H9Cl3N2O/c1-7-4-11(16)9(6-17-7)13(19)18-12-5-8(14)2-3-10(12)15/h2-6H,1H3,(H,18,19). The average Bonchev–Trinajstić information content (AvgIpc) is 2.33. The summed E-state index contributed by atoms with van der Waals surface area (Å²) in [5.41, 5.74) is 1.45. The topological polar surface area (TPSA) is 42.0 Å². The van der Waals surface area contributed by atoms with Crippen LogP contribution in [0.25, 0.3) is 0 Å². The Balaban J connectivity index is 2.28. The lowest BCUT2D eigenvalue weighted by Gasteiger charge is -2.08. The van der Waals surface area contributed by atoms with E-state index < -0.39 is 0 Å². The number of nitrogens with zero attached hydrogens (tertiary/aromatic N) is 1. The Morgan fingerprint density at radius 2 is 1.89 bits per heavy atom. The number of benzene rings is 1. The van der Waals surface area contributed by atoms with Crippen LogP contribution >= 0.6 is 34.8 Å². The van der Waals surface area contributed by atoms with Gasteiger partial charge in [-0.2, -0.15) is 0 Å². The highest BCUT2D eigenvalue weighted by Gasteiger charge is 2.13. The van der Waals surface area contributed by atoms with Crippen LogP contribution in [-0.4, -0.2) is 10.9 Å². The number of aromatic nitrogens is 1. The van der Waals surface area contributed by atoms with Gasteiger partial charge in [0.05, 0.1) is 21.3 Å². The first-order valence-corrected chi connectivity index (χ1v) is 6.49. The minimum absolute atomic E-state index is 0.281. The number of halogens is 3. The summed E-state index contributed by atoms with van der Waals surface area (Å²) >= 11 is 17.8. The third-order valence-electron chi connectivity index (χ3n) is 2.41. The van der Waals surface area contributed by atoms with E-state index in [1.54, 1.807) is 31.2 Å². The molecule has 1 aromatic carbocycles. The van der Waals surface area contributed by atoms with Crippen LogP contribution in [0.2, 0.25) is 15.1 Å². The van der Waals surface area contributed by atoms with Crippen LogP contribution in [-0.2, 0) is 0 Å². The summed E-state index contributed by atoms with van der Waals surface area (Å²) in [7, 11) is 0. The number of amides is 1. The maximum absolute atomic E-state index is 12.1. The molecule has 0 saturated heterocycles. The van der Waals surface area contributed by atoms with Gasteiger partial charge in [0, 0.05) is 16.9 Å². The van der Waals surface area contributed by atoms with Gasteiger partial charge in [-0.3, -0.25) is 9.78 Å². The number of hydrogen-bond acceptors (Lipinski definition) is 2. The Hall–Kier alpha value is -1.29. The van der Waals surface area contributed by atoms with E-state index in [0.29, 0.717) is 20.8 Å². The lowest BCUT2D eigenvalue weighted by molar-refractivity contribution is 0.102. The molecule has 2 rings (SSSR count). The molecule has 0 bridgehead atoms. The largest absolute Gasteiger partial charge is 0.320 e. The van der Waals surface area contributed by atoms with Crippen LogP contribution in [0.1, 0.15) is 16.1 Å². The van der Waals surface area contributed by atoms with Gasteiger partial charge in [0.1, 0.15) is 0 Å². The van der Waals surface area contributed by atoms with Crippen molar-refractivity contribution in [1.82, 2.24) is 4.98 Å². The smallest absolute Gasteiger partial charge is 0.258 e. The van der Waals surface area contributed by atoms with E-state index in [0.717, 1.165) is 5.69 Å². The minimum Gasteiger partial charge on any atom is -0.320 e. The molecule has 6 heteroatoms. The molecule has 1 aromatic heterocycles. The second kappa shape index (κ2) is 5.78. The number of nitrogens with one attached hydrogen (secondary N) is 1. The summed E-state index contributed by atoms with van der Waals surface area (Å²) in [5.74, 6) is -0.387. The molecular weight excluding hydrogens is 307 g/mol. The minimum atomic E-state index is -0.387. The maximum Gasteiger partial charge on any atom is 0.258 e. The van der Waals surface area contributed by atoms with Crippen molar-refractivity contribution in [2.45, 2.75) is 6.92 Å². The molecule has 2 aromatic rings.